The van der Waals surface area contributed by atoms with E-state index in [0.717, 1.165) is 38.5 Å². The number of halogens is 2. The second-order valence-electron chi connectivity index (χ2n) is 11.2. The van der Waals surface area contributed by atoms with Crippen LogP contribution in [0.15, 0.2) is 29.7 Å². The van der Waals surface area contributed by atoms with Crippen LogP contribution in [0.4, 0.5) is 8.78 Å². The molecule has 0 spiro atoms. The summed E-state index contributed by atoms with van der Waals surface area (Å²) < 4.78 is 34.8. The van der Waals surface area contributed by atoms with Crippen LogP contribution < -0.4 is 10.8 Å². The van der Waals surface area contributed by atoms with Crippen molar-refractivity contribution in [1.29, 1.82) is 0 Å². The van der Waals surface area contributed by atoms with Gasteiger partial charge in [0.15, 0.2) is 0 Å². The number of aliphatic carboxylic acids is 1. The molecule has 1 heterocycles. The van der Waals surface area contributed by atoms with Gasteiger partial charge in [0.2, 0.25) is 0 Å². The Morgan fingerprint density at radius 1 is 0.975 bits per heavy atom. The number of hydrogen-bond acceptors (Lipinski definition) is 8. The molecule has 1 aliphatic heterocycles. The molecule has 1 saturated carbocycles. The van der Waals surface area contributed by atoms with Gasteiger partial charge in [-0.25, -0.2) is 13.8 Å². The number of aliphatic hydroxyl groups is 1. The second kappa shape index (κ2) is 18.0. The van der Waals surface area contributed by atoms with Gasteiger partial charge in [0.25, 0.3) is 5.92 Å². The molecule has 228 valence electrons. The first-order valence-electron chi connectivity index (χ1n) is 15.0. The van der Waals surface area contributed by atoms with Crippen LogP contribution >= 0.6 is 0 Å². The van der Waals surface area contributed by atoms with Crippen LogP contribution in [0.2, 0.25) is 0 Å². The normalized spacial score (nSPS) is 22.0. The maximum Gasteiger partial charge on any atom is 0.305 e. The molecule has 10 heteroatoms. The summed E-state index contributed by atoms with van der Waals surface area (Å²) in [7, 11) is 0. The van der Waals surface area contributed by atoms with E-state index in [1.165, 1.54) is 68.5 Å². The Labute approximate surface area is 237 Å². The molecule has 0 aromatic carbocycles. The number of aliphatic hydroxyl groups excluding tert-OH is 1. The van der Waals surface area contributed by atoms with Crippen molar-refractivity contribution < 1.29 is 33.3 Å². The quantitative estimate of drug-likeness (QED) is 0.148. The van der Waals surface area contributed by atoms with E-state index >= 15 is 0 Å². The molecule has 0 saturated heterocycles. The first-order valence-corrected chi connectivity index (χ1v) is 15.0. The molecule has 2 rings (SSSR count). The summed E-state index contributed by atoms with van der Waals surface area (Å²) in [5, 5.41) is 20.6. The fourth-order valence-corrected chi connectivity index (χ4v) is 5.42. The van der Waals surface area contributed by atoms with Crippen LogP contribution in [0, 0.1) is 5.92 Å². The third-order valence-electron chi connectivity index (χ3n) is 7.83. The van der Waals surface area contributed by atoms with E-state index in [1.807, 2.05) is 0 Å². The van der Waals surface area contributed by atoms with Crippen LogP contribution in [0.25, 0.3) is 0 Å². The summed E-state index contributed by atoms with van der Waals surface area (Å²) >= 11 is 0. The zero-order valence-corrected chi connectivity index (χ0v) is 23.8. The van der Waals surface area contributed by atoms with Gasteiger partial charge >= 0.3 is 5.97 Å². The minimum Gasteiger partial charge on any atom is -0.550 e. The molecule has 0 aromatic heterocycles. The summed E-state index contributed by atoms with van der Waals surface area (Å²) in [6.45, 7) is 3.43. The number of aliphatic imine (C=N–C) groups is 1. The number of carboxylic acids is 1. The minimum absolute atomic E-state index is 0.0608. The maximum absolute atomic E-state index is 14.8. The number of unbranched alkanes of at least 4 members (excludes halogenated alkanes) is 14. The van der Waals surface area contributed by atoms with Crippen molar-refractivity contribution in [2.75, 3.05) is 6.61 Å². The van der Waals surface area contributed by atoms with Crippen LogP contribution in [0.1, 0.15) is 116 Å². The highest BCUT2D eigenvalue weighted by Gasteiger charge is 2.59. The summed E-state index contributed by atoms with van der Waals surface area (Å²) in [4.78, 5) is 27.6. The van der Waals surface area contributed by atoms with E-state index in [1.54, 1.807) is 0 Å². The molecule has 0 amide bonds. The van der Waals surface area contributed by atoms with Gasteiger partial charge in [-0.3, -0.25) is 4.79 Å². The molecule has 0 bridgehead atoms. The number of ether oxygens (including phenoxy) is 1. The largest absolute Gasteiger partial charge is 0.550 e. The average Bonchev–Trinajstić information content (AvgIpc) is 3.12. The highest BCUT2D eigenvalue weighted by Crippen LogP contribution is 2.44. The Balaban J connectivity index is 1.44. The number of carbonyl (C=O) groups is 2. The predicted molar refractivity (Wildman–Crippen MR) is 149 cm³/mol. The van der Waals surface area contributed by atoms with Gasteiger partial charge in [0.1, 0.15) is 23.8 Å². The van der Waals surface area contributed by atoms with E-state index in [-0.39, 0.29) is 37.5 Å². The molecule has 1 aliphatic carbocycles. The van der Waals surface area contributed by atoms with Gasteiger partial charge in [0.05, 0.1) is 6.61 Å². The van der Waals surface area contributed by atoms with Crippen molar-refractivity contribution in [3.05, 3.63) is 24.7 Å². The molecule has 0 radical (unpaired) electrons. The minimum atomic E-state index is -3.41. The standard InChI is InChI=1S/C30H49F2N3O5/c1-23-34-26(33)19-20-35(23)25-21-24(29(39)30(25,31)32)22-40-28(38)18-16-14-12-10-8-6-4-2-3-5-7-9-11-13-15-17-27(36)37/h19-20,24-25,29,39H,1-18,21-22H2,(H2,33,34)(H,36,37)/p-1/t24-,25-,29?/m1/s1. The molecule has 8 nitrogen and oxygen atoms in total. The van der Waals surface area contributed by atoms with Gasteiger partial charge in [0, 0.05) is 24.5 Å². The zero-order chi connectivity index (χ0) is 29.4. The molecule has 3 atom stereocenters. The van der Waals surface area contributed by atoms with Crippen LogP contribution in [0.3, 0.4) is 0 Å². The van der Waals surface area contributed by atoms with Crippen molar-refractivity contribution in [3.8, 4) is 0 Å². The highest BCUT2D eigenvalue weighted by atomic mass is 19.3. The van der Waals surface area contributed by atoms with Gasteiger partial charge in [-0.15, -0.1) is 0 Å². The lowest BCUT2D eigenvalue weighted by atomic mass is 10.0. The summed E-state index contributed by atoms with van der Waals surface area (Å²) in [6.07, 6.45) is 17.7. The first kappa shape index (κ1) is 33.7. The number of rotatable bonds is 21. The number of carboxylic acid groups (broad SMARTS) is 1. The number of carbonyl (C=O) groups excluding carboxylic acids is 2. The number of nitrogens with zero attached hydrogens (tertiary/aromatic N) is 2. The highest BCUT2D eigenvalue weighted by molar-refractivity contribution is 5.92. The van der Waals surface area contributed by atoms with Crippen molar-refractivity contribution in [2.24, 2.45) is 16.6 Å². The zero-order valence-electron chi connectivity index (χ0n) is 23.8. The topological polar surface area (TPSA) is 128 Å². The molecule has 40 heavy (non-hydrogen) atoms. The van der Waals surface area contributed by atoms with E-state index in [9.17, 15) is 28.6 Å². The van der Waals surface area contributed by atoms with Gasteiger partial charge in [-0.1, -0.05) is 90.0 Å². The predicted octanol–water partition coefficient (Wildman–Crippen LogP) is 4.95. The first-order chi connectivity index (χ1) is 19.1. The fraction of sp³-hybridized carbons (Fsp3) is 0.767. The summed E-state index contributed by atoms with van der Waals surface area (Å²) in [5.74, 6) is -5.39. The SMILES string of the molecule is C=C1N=C(N)C=CN1[C@@H]1C[C@H](COC(=O)CCCCCCCCCCCCCCCCCC(=O)[O-])C(O)C1(F)F. The van der Waals surface area contributed by atoms with Gasteiger partial charge in [-0.2, -0.15) is 0 Å². The third kappa shape index (κ3) is 11.9. The number of esters is 1. The summed E-state index contributed by atoms with van der Waals surface area (Å²) in [6, 6.07) is -1.34. The van der Waals surface area contributed by atoms with Crippen molar-refractivity contribution in [3.63, 3.8) is 0 Å². The van der Waals surface area contributed by atoms with Crippen molar-refractivity contribution >= 4 is 17.8 Å². The molecule has 2 aliphatic rings. The number of nitrogens with two attached hydrogens (primary N) is 1. The third-order valence-corrected chi connectivity index (χ3v) is 7.83. The Bertz CT molecular complexity index is 864. The monoisotopic (exact) mass is 568 g/mol. The molecule has 3 N–H and O–H groups in total. The Morgan fingerprint density at radius 2 is 1.45 bits per heavy atom. The second-order valence-corrected chi connectivity index (χ2v) is 11.2. The molecular formula is C30H48F2N3O5-. The van der Waals surface area contributed by atoms with E-state index in [4.69, 9.17) is 10.5 Å². The molecule has 0 aromatic rings. The fourth-order valence-electron chi connectivity index (χ4n) is 5.42. The Morgan fingerprint density at radius 3 is 1.93 bits per heavy atom. The van der Waals surface area contributed by atoms with Crippen molar-refractivity contribution in [2.45, 2.75) is 134 Å². The Hall–Kier alpha value is -2.49. The van der Waals surface area contributed by atoms with Crippen LogP contribution in [-0.4, -0.2) is 52.5 Å². The number of amidine groups is 1. The lowest BCUT2D eigenvalue weighted by Crippen LogP contribution is -2.46. The number of hydrogen-bond donors (Lipinski definition) is 2. The molecule has 1 unspecified atom stereocenters. The van der Waals surface area contributed by atoms with E-state index < -0.39 is 35.9 Å². The van der Waals surface area contributed by atoms with Crippen molar-refractivity contribution in [1.82, 2.24) is 4.90 Å². The van der Waals surface area contributed by atoms with E-state index in [0.29, 0.717) is 6.42 Å². The average molecular weight is 569 g/mol. The van der Waals surface area contributed by atoms with E-state index in [2.05, 4.69) is 11.6 Å². The number of alkyl halides is 2. The molecule has 1 fully saturated rings. The van der Waals surface area contributed by atoms with Crippen LogP contribution in [-0.2, 0) is 14.3 Å². The van der Waals surface area contributed by atoms with Gasteiger partial charge < -0.3 is 30.4 Å². The Kier molecular flexibility index (Phi) is 15.2. The summed E-state index contributed by atoms with van der Waals surface area (Å²) in [5.41, 5.74) is 5.58. The lowest BCUT2D eigenvalue weighted by Gasteiger charge is -2.33. The van der Waals surface area contributed by atoms with Gasteiger partial charge in [-0.05, 0) is 31.8 Å². The molecular weight excluding hydrogens is 520 g/mol. The lowest BCUT2D eigenvalue weighted by molar-refractivity contribution is -0.305. The smallest absolute Gasteiger partial charge is 0.305 e. The maximum atomic E-state index is 14.8. The van der Waals surface area contributed by atoms with Crippen LogP contribution in [0.5, 0.6) is 0 Å².